The first-order chi connectivity index (χ1) is 9.25. The Morgan fingerprint density at radius 1 is 1.21 bits per heavy atom. The number of hydrogen-bond acceptors (Lipinski definition) is 3. The Hall–Kier alpha value is -1.62. The van der Waals surface area contributed by atoms with E-state index in [1.54, 1.807) is 16.9 Å². The van der Waals surface area contributed by atoms with E-state index in [-0.39, 0.29) is 0 Å². The molecular weight excluding hydrogens is 280 g/mol. The third-order valence-corrected chi connectivity index (χ3v) is 4.24. The maximum absolute atomic E-state index is 10.3. The number of halogens is 1. The minimum atomic E-state index is -0.732. The van der Waals surface area contributed by atoms with Crippen LogP contribution in [0.4, 0.5) is 0 Å². The highest BCUT2D eigenvalue weighted by Gasteiger charge is 2.17. The second-order valence-electron chi connectivity index (χ2n) is 4.09. The first kappa shape index (κ1) is 12.4. The molecular formula is C14H11ClN2OS. The molecule has 0 saturated heterocycles. The molecule has 96 valence electrons. The fourth-order valence-corrected chi connectivity index (χ4v) is 3.02. The summed E-state index contributed by atoms with van der Waals surface area (Å²) in [4.78, 5) is 0.745. The Bertz CT molecular complexity index is 678. The van der Waals surface area contributed by atoms with Crippen LogP contribution in [-0.2, 0) is 0 Å². The van der Waals surface area contributed by atoms with Crippen molar-refractivity contribution in [2.45, 2.75) is 6.10 Å². The second kappa shape index (κ2) is 5.17. The van der Waals surface area contributed by atoms with Crippen molar-refractivity contribution in [3.05, 3.63) is 69.6 Å². The molecule has 1 aromatic carbocycles. The minimum Gasteiger partial charge on any atom is -0.383 e. The molecule has 3 aromatic rings. The van der Waals surface area contributed by atoms with Crippen molar-refractivity contribution in [3.8, 4) is 5.69 Å². The first-order valence-electron chi connectivity index (χ1n) is 5.76. The summed E-state index contributed by atoms with van der Waals surface area (Å²) < 4.78 is 1.74. The highest BCUT2D eigenvalue weighted by atomic mass is 35.5. The molecule has 2 aromatic heterocycles. The molecule has 19 heavy (non-hydrogen) atoms. The van der Waals surface area contributed by atoms with Crippen LogP contribution in [-0.4, -0.2) is 14.9 Å². The van der Waals surface area contributed by atoms with Crippen molar-refractivity contribution in [1.29, 1.82) is 0 Å². The zero-order valence-corrected chi connectivity index (χ0v) is 11.5. The van der Waals surface area contributed by atoms with E-state index in [4.69, 9.17) is 11.6 Å². The van der Waals surface area contributed by atoms with Gasteiger partial charge in [-0.3, -0.25) is 0 Å². The molecule has 0 aliphatic carbocycles. The molecule has 0 bridgehead atoms. The number of rotatable bonds is 3. The standard InChI is InChI=1S/C14H11ClN2OS/c15-12-6-7-19-14(12)13(18)10-8-16-17(9-10)11-4-2-1-3-5-11/h1-9,13,18H. The first-order valence-corrected chi connectivity index (χ1v) is 7.02. The van der Waals surface area contributed by atoms with Crippen LogP contribution in [0, 0.1) is 0 Å². The van der Waals surface area contributed by atoms with Crippen LogP contribution in [0.15, 0.2) is 54.2 Å². The summed E-state index contributed by atoms with van der Waals surface area (Å²) >= 11 is 7.47. The van der Waals surface area contributed by atoms with Gasteiger partial charge in [0.15, 0.2) is 0 Å². The molecule has 3 nitrogen and oxygen atoms in total. The number of thiophene rings is 1. The van der Waals surface area contributed by atoms with Gasteiger partial charge in [0.2, 0.25) is 0 Å². The number of aliphatic hydroxyl groups excluding tert-OH is 1. The van der Waals surface area contributed by atoms with E-state index < -0.39 is 6.10 Å². The average molecular weight is 291 g/mol. The van der Waals surface area contributed by atoms with Gasteiger partial charge in [0, 0.05) is 11.8 Å². The topological polar surface area (TPSA) is 38.1 Å². The normalized spacial score (nSPS) is 12.5. The van der Waals surface area contributed by atoms with Crippen LogP contribution < -0.4 is 0 Å². The summed E-state index contributed by atoms with van der Waals surface area (Å²) in [6.07, 6.45) is 2.74. The lowest BCUT2D eigenvalue weighted by molar-refractivity contribution is 0.224. The van der Waals surface area contributed by atoms with Gasteiger partial charge in [-0.2, -0.15) is 5.10 Å². The fourth-order valence-electron chi connectivity index (χ4n) is 1.85. The Balaban J connectivity index is 1.92. The SMILES string of the molecule is OC(c1cnn(-c2ccccc2)c1)c1sccc1Cl. The molecule has 5 heteroatoms. The van der Waals surface area contributed by atoms with Crippen LogP contribution in [0.2, 0.25) is 5.02 Å². The molecule has 1 atom stereocenters. The van der Waals surface area contributed by atoms with Gasteiger partial charge in [0.05, 0.1) is 21.8 Å². The molecule has 1 unspecified atom stereocenters. The van der Waals surface area contributed by atoms with Crippen molar-refractivity contribution in [2.24, 2.45) is 0 Å². The van der Waals surface area contributed by atoms with Gasteiger partial charge in [0.1, 0.15) is 6.10 Å². The van der Waals surface area contributed by atoms with E-state index >= 15 is 0 Å². The third kappa shape index (κ3) is 2.42. The summed E-state index contributed by atoms with van der Waals surface area (Å²) in [7, 11) is 0. The Labute approximate surface area is 119 Å². The molecule has 0 spiro atoms. The van der Waals surface area contributed by atoms with Gasteiger partial charge in [-0.25, -0.2) is 4.68 Å². The number of para-hydroxylation sites is 1. The largest absolute Gasteiger partial charge is 0.383 e. The zero-order valence-electron chi connectivity index (χ0n) is 9.90. The highest BCUT2D eigenvalue weighted by molar-refractivity contribution is 7.10. The number of hydrogen-bond donors (Lipinski definition) is 1. The molecule has 0 aliphatic heterocycles. The van der Waals surface area contributed by atoms with Crippen LogP contribution in [0.1, 0.15) is 16.5 Å². The van der Waals surface area contributed by atoms with E-state index in [2.05, 4.69) is 5.10 Å². The van der Waals surface area contributed by atoms with Gasteiger partial charge in [0.25, 0.3) is 0 Å². The van der Waals surface area contributed by atoms with Crippen LogP contribution in [0.25, 0.3) is 5.69 Å². The fraction of sp³-hybridized carbons (Fsp3) is 0.0714. The van der Waals surface area contributed by atoms with Gasteiger partial charge in [-0.1, -0.05) is 29.8 Å². The monoisotopic (exact) mass is 290 g/mol. The highest BCUT2D eigenvalue weighted by Crippen LogP contribution is 2.32. The van der Waals surface area contributed by atoms with Crippen LogP contribution >= 0.6 is 22.9 Å². The van der Waals surface area contributed by atoms with E-state index in [0.29, 0.717) is 5.02 Å². The molecule has 3 rings (SSSR count). The number of nitrogens with zero attached hydrogens (tertiary/aromatic N) is 2. The average Bonchev–Trinajstić information content (AvgIpc) is 3.08. The Morgan fingerprint density at radius 2 is 2.00 bits per heavy atom. The summed E-state index contributed by atoms with van der Waals surface area (Å²) in [5, 5.41) is 17.0. The molecule has 0 fully saturated rings. The molecule has 1 N–H and O–H groups in total. The van der Waals surface area contributed by atoms with Crippen molar-refractivity contribution in [1.82, 2.24) is 9.78 Å². The van der Waals surface area contributed by atoms with Crippen molar-refractivity contribution in [2.75, 3.05) is 0 Å². The predicted molar refractivity (Wildman–Crippen MR) is 77.0 cm³/mol. The van der Waals surface area contributed by atoms with E-state index in [0.717, 1.165) is 16.1 Å². The quantitative estimate of drug-likeness (QED) is 0.799. The van der Waals surface area contributed by atoms with Gasteiger partial charge < -0.3 is 5.11 Å². The molecule has 0 saturated carbocycles. The van der Waals surface area contributed by atoms with Crippen LogP contribution in [0.5, 0.6) is 0 Å². The number of benzene rings is 1. The molecule has 0 radical (unpaired) electrons. The van der Waals surface area contributed by atoms with E-state index in [1.807, 2.05) is 41.9 Å². The van der Waals surface area contributed by atoms with Crippen molar-refractivity contribution in [3.63, 3.8) is 0 Å². The molecule has 0 amide bonds. The number of aromatic nitrogens is 2. The van der Waals surface area contributed by atoms with Crippen molar-refractivity contribution < 1.29 is 5.11 Å². The number of aliphatic hydroxyl groups is 1. The zero-order chi connectivity index (χ0) is 13.2. The molecule has 2 heterocycles. The maximum atomic E-state index is 10.3. The second-order valence-corrected chi connectivity index (χ2v) is 5.44. The maximum Gasteiger partial charge on any atom is 0.118 e. The minimum absolute atomic E-state index is 0.588. The Kier molecular flexibility index (Phi) is 3.38. The third-order valence-electron chi connectivity index (χ3n) is 2.83. The van der Waals surface area contributed by atoms with Gasteiger partial charge in [-0.05, 0) is 23.6 Å². The molecule has 0 aliphatic rings. The van der Waals surface area contributed by atoms with Gasteiger partial charge in [-0.15, -0.1) is 11.3 Å². The van der Waals surface area contributed by atoms with E-state index in [9.17, 15) is 5.11 Å². The smallest absolute Gasteiger partial charge is 0.118 e. The van der Waals surface area contributed by atoms with Crippen molar-refractivity contribution >= 4 is 22.9 Å². The van der Waals surface area contributed by atoms with Crippen LogP contribution in [0.3, 0.4) is 0 Å². The lowest BCUT2D eigenvalue weighted by Crippen LogP contribution is -1.96. The summed E-state index contributed by atoms with van der Waals surface area (Å²) in [5.74, 6) is 0. The lowest BCUT2D eigenvalue weighted by Gasteiger charge is -2.06. The lowest BCUT2D eigenvalue weighted by atomic mass is 10.2. The Morgan fingerprint density at radius 3 is 2.68 bits per heavy atom. The summed E-state index contributed by atoms with van der Waals surface area (Å²) in [5.41, 5.74) is 1.69. The predicted octanol–water partition coefficient (Wildman–Crippen LogP) is 3.67. The van der Waals surface area contributed by atoms with E-state index in [1.165, 1.54) is 11.3 Å². The summed E-state index contributed by atoms with van der Waals surface area (Å²) in [6.45, 7) is 0. The van der Waals surface area contributed by atoms with Gasteiger partial charge >= 0.3 is 0 Å². The summed E-state index contributed by atoms with van der Waals surface area (Å²) in [6, 6.07) is 11.6.